The Kier molecular flexibility index (Phi) is 11.8. The summed E-state index contributed by atoms with van der Waals surface area (Å²) in [6.07, 6.45) is 0. The van der Waals surface area contributed by atoms with Crippen LogP contribution in [0.5, 0.6) is 11.5 Å². The van der Waals surface area contributed by atoms with Crippen molar-refractivity contribution in [3.63, 3.8) is 0 Å². The summed E-state index contributed by atoms with van der Waals surface area (Å²) in [4.78, 5) is -1.16. The van der Waals surface area contributed by atoms with E-state index in [0.29, 0.717) is 0 Å². The normalized spacial score (nSPS) is 11.2. The van der Waals surface area contributed by atoms with Gasteiger partial charge in [-0.05, 0) is 69.4 Å². The molecule has 0 saturated heterocycles. The quantitative estimate of drug-likeness (QED) is 0.181. The first-order valence-corrected chi connectivity index (χ1v) is 11.6. The fraction of sp³-hybridized carbons (Fsp3) is 0.143. The van der Waals surface area contributed by atoms with Crippen LogP contribution in [0.25, 0.3) is 11.1 Å². The molecule has 14 heteroatoms. The average molecular weight is 670 g/mol. The van der Waals surface area contributed by atoms with Crippen LogP contribution in [0, 0.1) is 7.14 Å². The molecule has 0 bridgehead atoms. The van der Waals surface area contributed by atoms with Crippen LogP contribution in [0.4, 0.5) is 0 Å². The molecule has 0 aromatic heterocycles. The van der Waals surface area contributed by atoms with Crippen LogP contribution >= 0.6 is 45.2 Å². The Morgan fingerprint density at radius 2 is 1.00 bits per heavy atom. The monoisotopic (exact) mass is 670 g/mol. The van der Waals surface area contributed by atoms with Gasteiger partial charge < -0.3 is 18.6 Å². The molecule has 28 heavy (non-hydrogen) atoms. The second kappa shape index (κ2) is 11.3. The van der Waals surface area contributed by atoms with Crippen molar-refractivity contribution < 1.29 is 94.5 Å². The van der Waals surface area contributed by atoms with Crippen molar-refractivity contribution >= 4 is 65.4 Å². The van der Waals surface area contributed by atoms with Gasteiger partial charge in [-0.2, -0.15) is 0 Å². The zero-order valence-electron chi connectivity index (χ0n) is 15.1. The summed E-state index contributed by atoms with van der Waals surface area (Å²) in [6.45, 7) is 0. The molecule has 2 aromatic carbocycles. The van der Waals surface area contributed by atoms with E-state index >= 15 is 0 Å². The van der Waals surface area contributed by atoms with Gasteiger partial charge in [-0.15, -0.1) is 0 Å². The molecule has 0 aliphatic carbocycles. The average Bonchev–Trinajstić information content (AvgIpc) is 2.51. The third kappa shape index (κ3) is 6.18. The molecule has 0 amide bonds. The molecule has 0 aliphatic heterocycles. The van der Waals surface area contributed by atoms with Gasteiger partial charge in [0.05, 0.1) is 14.2 Å². The Balaban J connectivity index is 0.00000364. The first kappa shape index (κ1) is 29.3. The minimum absolute atomic E-state index is 0. The van der Waals surface area contributed by atoms with E-state index < -0.39 is 30.0 Å². The molecule has 2 rings (SSSR count). The molecule has 0 spiro atoms. The van der Waals surface area contributed by atoms with E-state index in [2.05, 4.69) is 0 Å². The largest absolute Gasteiger partial charge is 1.00 e. The number of methoxy groups -OCH3 is 2. The Hall–Kier alpha value is 1.32. The second-order valence-electron chi connectivity index (χ2n) is 4.82. The SMILES string of the molecule is COc1c(-c2ccc(I)c(S(=O)(=O)[O-])c2OC)ccc(I)c1S(=O)(=O)[O-].[Na+].[Na+]. The minimum atomic E-state index is -4.88. The molecular formula is C14H10I2Na2O8S2. The van der Waals surface area contributed by atoms with E-state index in [-0.39, 0.29) is 88.9 Å². The summed E-state index contributed by atoms with van der Waals surface area (Å²) < 4.78 is 80.3. The molecule has 2 aromatic rings. The molecule has 0 N–H and O–H groups in total. The summed E-state index contributed by atoms with van der Waals surface area (Å²) in [7, 11) is -7.41. The standard InChI is InChI=1S/C14H12I2O8S2.2Na/c1-23-11-7(3-5-9(15)13(11)25(17,18)19)8-4-6-10(16)14(12(8)24-2)26(20,21)22;;/h3-6H,1-2H3,(H,17,18,19)(H,20,21,22);;/q;2*+1/p-2. The Morgan fingerprint density at radius 3 is 1.21 bits per heavy atom. The van der Waals surface area contributed by atoms with Gasteiger partial charge in [0.2, 0.25) is 0 Å². The maximum Gasteiger partial charge on any atom is 1.00 e. The molecule has 0 unspecified atom stereocenters. The molecule has 0 fully saturated rings. The molecular weight excluding hydrogens is 660 g/mol. The number of ether oxygens (including phenoxy) is 2. The molecule has 0 heterocycles. The number of benzene rings is 2. The molecule has 142 valence electrons. The molecule has 0 saturated carbocycles. The minimum Gasteiger partial charge on any atom is -0.744 e. The van der Waals surface area contributed by atoms with Crippen molar-refractivity contribution in [1.29, 1.82) is 0 Å². The number of rotatable bonds is 5. The Bertz CT molecular complexity index is 1000. The van der Waals surface area contributed by atoms with Crippen molar-refractivity contribution in [2.75, 3.05) is 14.2 Å². The van der Waals surface area contributed by atoms with Crippen molar-refractivity contribution in [1.82, 2.24) is 0 Å². The van der Waals surface area contributed by atoms with Gasteiger partial charge in [-0.3, -0.25) is 0 Å². The Morgan fingerprint density at radius 1 is 0.714 bits per heavy atom. The van der Waals surface area contributed by atoms with Crippen molar-refractivity contribution in [3.8, 4) is 22.6 Å². The van der Waals surface area contributed by atoms with Crippen molar-refractivity contribution in [2.45, 2.75) is 9.79 Å². The zero-order chi connectivity index (χ0) is 19.9. The van der Waals surface area contributed by atoms with E-state index in [0.717, 1.165) is 0 Å². The first-order valence-electron chi connectivity index (χ1n) is 6.58. The van der Waals surface area contributed by atoms with Gasteiger partial charge in [0.25, 0.3) is 0 Å². The fourth-order valence-corrected chi connectivity index (χ4v) is 6.29. The summed E-state index contributed by atoms with van der Waals surface area (Å²) >= 11 is 3.35. The summed E-state index contributed by atoms with van der Waals surface area (Å²) in [5.74, 6) is -0.527. The van der Waals surface area contributed by atoms with E-state index in [1.165, 1.54) is 38.5 Å². The van der Waals surface area contributed by atoms with E-state index in [1.807, 2.05) is 0 Å². The molecule has 0 radical (unpaired) electrons. The van der Waals surface area contributed by atoms with Crippen LogP contribution in [0.3, 0.4) is 0 Å². The maximum atomic E-state index is 11.6. The van der Waals surface area contributed by atoms with Crippen molar-refractivity contribution in [3.05, 3.63) is 31.4 Å². The summed E-state index contributed by atoms with van der Waals surface area (Å²) in [5.41, 5.74) is 0.195. The third-order valence-corrected chi connectivity index (χ3v) is 7.67. The molecule has 0 aliphatic rings. The smallest absolute Gasteiger partial charge is 0.744 e. The second-order valence-corrected chi connectivity index (χ2v) is 9.78. The number of hydrogen-bond donors (Lipinski definition) is 0. The van der Waals surface area contributed by atoms with Crippen molar-refractivity contribution in [2.24, 2.45) is 0 Å². The van der Waals surface area contributed by atoms with Crippen LogP contribution in [-0.2, 0) is 20.2 Å². The van der Waals surface area contributed by atoms with Crippen LogP contribution in [0.15, 0.2) is 34.1 Å². The molecule has 8 nitrogen and oxygen atoms in total. The van der Waals surface area contributed by atoms with Gasteiger partial charge in [0.15, 0.2) is 0 Å². The van der Waals surface area contributed by atoms with Gasteiger partial charge in [-0.1, -0.05) is 0 Å². The van der Waals surface area contributed by atoms with Gasteiger partial charge in [0, 0.05) is 18.3 Å². The van der Waals surface area contributed by atoms with E-state index in [4.69, 9.17) is 9.47 Å². The van der Waals surface area contributed by atoms with Crippen LogP contribution < -0.4 is 68.6 Å². The first-order chi connectivity index (χ1) is 11.9. The van der Waals surface area contributed by atoms with Crippen LogP contribution in [-0.4, -0.2) is 40.2 Å². The van der Waals surface area contributed by atoms with Crippen LogP contribution in [0.1, 0.15) is 0 Å². The third-order valence-electron chi connectivity index (χ3n) is 3.33. The number of halogens is 2. The topological polar surface area (TPSA) is 133 Å². The fourth-order valence-electron chi connectivity index (χ4n) is 2.37. The predicted molar refractivity (Wildman–Crippen MR) is 106 cm³/mol. The van der Waals surface area contributed by atoms with E-state index in [9.17, 15) is 25.9 Å². The van der Waals surface area contributed by atoms with Gasteiger partial charge in [-0.25, -0.2) is 16.8 Å². The zero-order valence-corrected chi connectivity index (χ0v) is 25.1. The Labute approximate surface area is 234 Å². The number of hydrogen-bond acceptors (Lipinski definition) is 8. The predicted octanol–water partition coefficient (Wildman–Crippen LogP) is -3.60. The van der Waals surface area contributed by atoms with Crippen LogP contribution in [0.2, 0.25) is 0 Å². The molecule has 0 atom stereocenters. The summed E-state index contributed by atoms with van der Waals surface area (Å²) in [5, 5.41) is 0. The van der Waals surface area contributed by atoms with Gasteiger partial charge >= 0.3 is 59.1 Å². The maximum absolute atomic E-state index is 11.6. The van der Waals surface area contributed by atoms with Gasteiger partial charge in [0.1, 0.15) is 41.5 Å². The summed E-state index contributed by atoms with van der Waals surface area (Å²) in [6, 6.07) is 5.63. The van der Waals surface area contributed by atoms with E-state index in [1.54, 1.807) is 45.2 Å².